The molecule has 1 saturated carbocycles. The molecule has 1 unspecified atom stereocenters. The molecule has 1 amide bonds. The second-order valence-electron chi connectivity index (χ2n) is 6.44. The van der Waals surface area contributed by atoms with E-state index < -0.39 is 0 Å². The van der Waals surface area contributed by atoms with E-state index in [0.717, 1.165) is 31.2 Å². The molecule has 0 heterocycles. The van der Waals surface area contributed by atoms with E-state index in [2.05, 4.69) is 0 Å². The van der Waals surface area contributed by atoms with Crippen LogP contribution in [0.25, 0.3) is 0 Å². The van der Waals surface area contributed by atoms with Crippen LogP contribution in [-0.2, 0) is 16.1 Å². The largest absolute Gasteiger partial charge is 0.493 e. The minimum Gasteiger partial charge on any atom is -0.493 e. The molecule has 0 spiro atoms. The van der Waals surface area contributed by atoms with Crippen LogP contribution in [-0.4, -0.2) is 44.8 Å². The van der Waals surface area contributed by atoms with E-state index in [1.165, 1.54) is 0 Å². The van der Waals surface area contributed by atoms with Crippen molar-refractivity contribution in [2.24, 2.45) is 5.92 Å². The number of carbonyl (C=O) groups is 1. The number of hydrogen-bond acceptors (Lipinski definition) is 4. The number of benzene rings is 1. The van der Waals surface area contributed by atoms with Crippen LogP contribution in [0, 0.1) is 5.92 Å². The Bertz CT molecular complexity index is 540. The maximum Gasteiger partial charge on any atom is 0.226 e. The van der Waals surface area contributed by atoms with Gasteiger partial charge in [-0.15, -0.1) is 0 Å². The molecule has 5 nitrogen and oxygen atoms in total. The molecule has 24 heavy (non-hydrogen) atoms. The summed E-state index contributed by atoms with van der Waals surface area (Å²) in [5.41, 5.74) is 1.03. The van der Waals surface area contributed by atoms with Gasteiger partial charge in [-0.05, 0) is 37.5 Å². The van der Waals surface area contributed by atoms with Crippen molar-refractivity contribution in [3.8, 4) is 11.5 Å². The van der Waals surface area contributed by atoms with E-state index in [1.807, 2.05) is 30.0 Å². The van der Waals surface area contributed by atoms with Crippen LogP contribution in [0.3, 0.4) is 0 Å². The highest BCUT2D eigenvalue weighted by atomic mass is 16.5. The van der Waals surface area contributed by atoms with Crippen molar-refractivity contribution in [2.45, 2.75) is 45.2 Å². The fourth-order valence-electron chi connectivity index (χ4n) is 3.37. The van der Waals surface area contributed by atoms with Crippen molar-refractivity contribution in [3.63, 3.8) is 0 Å². The van der Waals surface area contributed by atoms with Crippen molar-refractivity contribution in [3.05, 3.63) is 23.8 Å². The standard InChI is InChI=1S/C19H29NO4/c1-14(13-22-2)20(19(21)16-7-5-6-8-16)12-15-9-10-17(23-3)18(11-15)24-4/h9-11,14,16H,5-8,12-13H2,1-4H3. The van der Waals surface area contributed by atoms with Crippen molar-refractivity contribution in [1.29, 1.82) is 0 Å². The predicted octanol–water partition coefficient (Wildman–Crippen LogP) is 3.26. The van der Waals surface area contributed by atoms with Crippen molar-refractivity contribution in [2.75, 3.05) is 27.9 Å². The van der Waals surface area contributed by atoms with Crippen molar-refractivity contribution >= 4 is 5.91 Å². The normalized spacial score (nSPS) is 16.0. The van der Waals surface area contributed by atoms with Gasteiger partial charge in [0.15, 0.2) is 11.5 Å². The second-order valence-corrected chi connectivity index (χ2v) is 6.44. The lowest BCUT2D eigenvalue weighted by Gasteiger charge is -2.31. The first kappa shape index (κ1) is 18.6. The number of amides is 1. The summed E-state index contributed by atoms with van der Waals surface area (Å²) < 4.78 is 15.9. The van der Waals surface area contributed by atoms with Gasteiger partial charge in [-0.2, -0.15) is 0 Å². The smallest absolute Gasteiger partial charge is 0.226 e. The van der Waals surface area contributed by atoms with E-state index >= 15 is 0 Å². The molecule has 0 bridgehead atoms. The molecule has 2 rings (SSSR count). The first-order valence-electron chi connectivity index (χ1n) is 8.61. The fraction of sp³-hybridized carbons (Fsp3) is 0.632. The highest BCUT2D eigenvalue weighted by Crippen LogP contribution is 2.30. The number of ether oxygens (including phenoxy) is 3. The lowest BCUT2D eigenvalue weighted by atomic mass is 10.0. The number of rotatable bonds is 8. The zero-order chi connectivity index (χ0) is 17.5. The Labute approximate surface area is 144 Å². The molecular formula is C19H29NO4. The van der Waals surface area contributed by atoms with Gasteiger partial charge >= 0.3 is 0 Å². The second kappa shape index (κ2) is 8.92. The molecule has 1 aromatic carbocycles. The minimum atomic E-state index is 0.0381. The molecule has 134 valence electrons. The molecule has 5 heteroatoms. The van der Waals surface area contributed by atoms with Gasteiger partial charge in [-0.1, -0.05) is 18.9 Å². The van der Waals surface area contributed by atoms with Gasteiger partial charge in [0.25, 0.3) is 0 Å². The lowest BCUT2D eigenvalue weighted by molar-refractivity contribution is -0.139. The lowest BCUT2D eigenvalue weighted by Crippen LogP contribution is -2.43. The Morgan fingerprint density at radius 1 is 1.17 bits per heavy atom. The van der Waals surface area contributed by atoms with Crippen LogP contribution in [0.2, 0.25) is 0 Å². The van der Waals surface area contributed by atoms with Gasteiger partial charge < -0.3 is 19.1 Å². The fourth-order valence-corrected chi connectivity index (χ4v) is 3.37. The molecule has 1 aliphatic rings. The molecule has 0 aromatic heterocycles. The average Bonchev–Trinajstić information content (AvgIpc) is 3.13. The predicted molar refractivity (Wildman–Crippen MR) is 93.4 cm³/mol. The van der Waals surface area contributed by atoms with Gasteiger partial charge in [0.05, 0.1) is 26.9 Å². The van der Waals surface area contributed by atoms with Crippen LogP contribution >= 0.6 is 0 Å². The summed E-state index contributed by atoms with van der Waals surface area (Å²) in [7, 11) is 4.91. The third kappa shape index (κ3) is 4.41. The Hall–Kier alpha value is -1.75. The van der Waals surface area contributed by atoms with Gasteiger partial charge in [-0.25, -0.2) is 0 Å². The van der Waals surface area contributed by atoms with E-state index in [4.69, 9.17) is 14.2 Å². The molecule has 0 N–H and O–H groups in total. The van der Waals surface area contributed by atoms with E-state index in [1.54, 1.807) is 21.3 Å². The number of carbonyl (C=O) groups excluding carboxylic acids is 1. The Morgan fingerprint density at radius 3 is 2.42 bits per heavy atom. The first-order chi connectivity index (χ1) is 11.6. The number of hydrogen-bond donors (Lipinski definition) is 0. The molecule has 1 atom stereocenters. The summed E-state index contributed by atoms with van der Waals surface area (Å²) in [5, 5.41) is 0. The average molecular weight is 335 g/mol. The third-order valence-corrected chi connectivity index (χ3v) is 4.73. The summed E-state index contributed by atoms with van der Waals surface area (Å²) >= 11 is 0. The minimum absolute atomic E-state index is 0.0381. The van der Waals surface area contributed by atoms with E-state index in [0.29, 0.717) is 24.7 Å². The summed E-state index contributed by atoms with van der Waals surface area (Å²) in [6, 6.07) is 5.84. The Morgan fingerprint density at radius 2 is 1.83 bits per heavy atom. The SMILES string of the molecule is COCC(C)N(Cc1ccc(OC)c(OC)c1)C(=O)C1CCCC1. The van der Waals surface area contributed by atoms with Crippen LogP contribution < -0.4 is 9.47 Å². The zero-order valence-electron chi connectivity index (χ0n) is 15.2. The summed E-state index contributed by atoms with van der Waals surface area (Å²) in [6.07, 6.45) is 4.31. The molecule has 0 aliphatic heterocycles. The van der Waals surface area contributed by atoms with Gasteiger partial charge in [0, 0.05) is 19.6 Å². The number of methoxy groups -OCH3 is 3. The molecular weight excluding hydrogens is 306 g/mol. The summed E-state index contributed by atoms with van der Waals surface area (Å²) in [6.45, 7) is 3.13. The third-order valence-electron chi connectivity index (χ3n) is 4.73. The highest BCUT2D eigenvalue weighted by Gasteiger charge is 2.30. The van der Waals surface area contributed by atoms with E-state index in [-0.39, 0.29) is 17.9 Å². The van der Waals surface area contributed by atoms with Crippen molar-refractivity contribution in [1.82, 2.24) is 4.90 Å². The Balaban J connectivity index is 2.19. The Kier molecular flexibility index (Phi) is 6.91. The van der Waals surface area contributed by atoms with Crippen LogP contribution in [0.1, 0.15) is 38.2 Å². The molecule has 1 aliphatic carbocycles. The summed E-state index contributed by atoms with van der Waals surface area (Å²) in [5.74, 6) is 1.78. The molecule has 1 aromatic rings. The highest BCUT2D eigenvalue weighted by molar-refractivity contribution is 5.79. The van der Waals surface area contributed by atoms with Crippen LogP contribution in [0.15, 0.2) is 18.2 Å². The molecule has 1 fully saturated rings. The van der Waals surface area contributed by atoms with E-state index in [9.17, 15) is 4.79 Å². The molecule has 0 radical (unpaired) electrons. The topological polar surface area (TPSA) is 48.0 Å². The quantitative estimate of drug-likeness (QED) is 0.732. The van der Waals surface area contributed by atoms with Gasteiger partial charge in [-0.3, -0.25) is 4.79 Å². The maximum absolute atomic E-state index is 13.0. The maximum atomic E-state index is 13.0. The van der Waals surface area contributed by atoms with Crippen LogP contribution in [0.5, 0.6) is 11.5 Å². The van der Waals surface area contributed by atoms with Gasteiger partial charge in [0.1, 0.15) is 0 Å². The summed E-state index contributed by atoms with van der Waals surface area (Å²) in [4.78, 5) is 14.9. The molecule has 0 saturated heterocycles. The van der Waals surface area contributed by atoms with Crippen molar-refractivity contribution < 1.29 is 19.0 Å². The monoisotopic (exact) mass is 335 g/mol. The number of nitrogens with zero attached hydrogens (tertiary/aromatic N) is 1. The van der Waals surface area contributed by atoms with Gasteiger partial charge in [0.2, 0.25) is 5.91 Å². The van der Waals surface area contributed by atoms with Crippen LogP contribution in [0.4, 0.5) is 0 Å². The zero-order valence-corrected chi connectivity index (χ0v) is 15.2. The first-order valence-corrected chi connectivity index (χ1v) is 8.61.